The van der Waals surface area contributed by atoms with Crippen LogP contribution in [0.25, 0.3) is 0 Å². The first-order valence-electron chi connectivity index (χ1n) is 5.96. The Morgan fingerprint density at radius 3 is 2.65 bits per heavy atom. The highest BCUT2D eigenvalue weighted by Gasteiger charge is 2.04. The van der Waals surface area contributed by atoms with Gasteiger partial charge in [-0.25, -0.2) is 9.82 Å². The van der Waals surface area contributed by atoms with Crippen molar-refractivity contribution in [2.24, 2.45) is 5.10 Å². The smallest absolute Gasteiger partial charge is 0.244 e. The van der Waals surface area contributed by atoms with Gasteiger partial charge in [-0.1, -0.05) is 48.0 Å². The Morgan fingerprint density at radius 2 is 1.95 bits per heavy atom. The Labute approximate surface area is 121 Å². The van der Waals surface area contributed by atoms with Gasteiger partial charge in [0.1, 0.15) is 5.82 Å². The molecule has 102 valence electrons. The molecular formula is C15H12ClFN2O. The van der Waals surface area contributed by atoms with Crippen LogP contribution in [-0.4, -0.2) is 12.1 Å². The van der Waals surface area contributed by atoms with Gasteiger partial charge in [0.2, 0.25) is 5.91 Å². The molecule has 0 saturated heterocycles. The first-order valence-corrected chi connectivity index (χ1v) is 6.34. The van der Waals surface area contributed by atoms with Crippen LogP contribution in [0.1, 0.15) is 11.1 Å². The zero-order valence-electron chi connectivity index (χ0n) is 10.5. The van der Waals surface area contributed by atoms with Crippen molar-refractivity contribution in [3.63, 3.8) is 0 Å². The van der Waals surface area contributed by atoms with Crippen LogP contribution in [-0.2, 0) is 11.2 Å². The Morgan fingerprint density at radius 1 is 1.20 bits per heavy atom. The number of amides is 1. The van der Waals surface area contributed by atoms with E-state index in [1.165, 1.54) is 18.3 Å². The highest BCUT2D eigenvalue weighted by atomic mass is 35.5. The molecule has 0 fully saturated rings. The molecule has 3 nitrogen and oxygen atoms in total. The minimum Gasteiger partial charge on any atom is -0.273 e. The van der Waals surface area contributed by atoms with Gasteiger partial charge >= 0.3 is 0 Å². The number of hydrogen-bond donors (Lipinski definition) is 1. The quantitative estimate of drug-likeness (QED) is 0.682. The summed E-state index contributed by atoms with van der Waals surface area (Å²) in [5, 5.41) is 3.95. The Hall–Kier alpha value is -2.20. The fraction of sp³-hybridized carbons (Fsp3) is 0.0667. The zero-order valence-corrected chi connectivity index (χ0v) is 11.3. The van der Waals surface area contributed by atoms with Crippen molar-refractivity contribution in [1.82, 2.24) is 5.43 Å². The second-order valence-corrected chi connectivity index (χ2v) is 4.50. The van der Waals surface area contributed by atoms with Gasteiger partial charge in [0, 0.05) is 5.56 Å². The maximum absolute atomic E-state index is 13.4. The third-order valence-corrected chi connectivity index (χ3v) is 2.92. The highest BCUT2D eigenvalue weighted by Crippen LogP contribution is 2.16. The summed E-state index contributed by atoms with van der Waals surface area (Å²) < 4.78 is 13.4. The maximum atomic E-state index is 13.4. The van der Waals surface area contributed by atoms with E-state index in [0.717, 1.165) is 5.56 Å². The Balaban J connectivity index is 1.95. The van der Waals surface area contributed by atoms with Crippen LogP contribution in [0, 0.1) is 5.82 Å². The van der Waals surface area contributed by atoms with Crippen molar-refractivity contribution >= 4 is 23.7 Å². The number of hydrogen-bond acceptors (Lipinski definition) is 2. The Bertz CT molecular complexity index is 609. The summed E-state index contributed by atoms with van der Waals surface area (Å²) in [4.78, 5) is 11.6. The van der Waals surface area contributed by atoms with E-state index < -0.39 is 5.82 Å². The monoisotopic (exact) mass is 290 g/mol. The molecule has 1 amide bonds. The Kier molecular flexibility index (Phi) is 4.85. The number of hydrazone groups is 1. The van der Waals surface area contributed by atoms with Gasteiger partial charge in [-0.3, -0.25) is 4.79 Å². The van der Waals surface area contributed by atoms with Crippen LogP contribution in [0.2, 0.25) is 5.02 Å². The largest absolute Gasteiger partial charge is 0.273 e. The number of halogens is 2. The molecule has 0 spiro atoms. The molecule has 0 atom stereocenters. The summed E-state index contributed by atoms with van der Waals surface area (Å²) in [6, 6.07) is 13.6. The molecule has 0 saturated carbocycles. The lowest BCUT2D eigenvalue weighted by Crippen LogP contribution is -2.19. The maximum Gasteiger partial charge on any atom is 0.244 e. The topological polar surface area (TPSA) is 41.5 Å². The normalized spacial score (nSPS) is 10.7. The number of nitrogens with zero attached hydrogens (tertiary/aromatic N) is 1. The van der Waals surface area contributed by atoms with E-state index in [0.29, 0.717) is 0 Å². The van der Waals surface area contributed by atoms with E-state index >= 15 is 0 Å². The lowest BCUT2D eigenvalue weighted by Gasteiger charge is -2.01. The van der Waals surface area contributed by atoms with Crippen LogP contribution in [0.5, 0.6) is 0 Å². The predicted molar refractivity (Wildman–Crippen MR) is 77.3 cm³/mol. The molecule has 0 aromatic heterocycles. The second kappa shape index (κ2) is 6.82. The first-order chi connectivity index (χ1) is 9.66. The molecule has 20 heavy (non-hydrogen) atoms. The van der Waals surface area contributed by atoms with E-state index in [4.69, 9.17) is 11.6 Å². The van der Waals surface area contributed by atoms with Gasteiger partial charge in [0.05, 0.1) is 17.7 Å². The molecule has 0 unspecified atom stereocenters. The molecular weight excluding hydrogens is 279 g/mol. The summed E-state index contributed by atoms with van der Waals surface area (Å²) in [6.45, 7) is 0. The van der Waals surface area contributed by atoms with Gasteiger partial charge in [-0.15, -0.1) is 0 Å². The van der Waals surface area contributed by atoms with Gasteiger partial charge in [-0.05, 0) is 17.7 Å². The minimum atomic E-state index is -0.487. The van der Waals surface area contributed by atoms with E-state index in [-0.39, 0.29) is 22.9 Å². The van der Waals surface area contributed by atoms with Crippen molar-refractivity contribution in [2.75, 3.05) is 0 Å². The fourth-order valence-electron chi connectivity index (χ4n) is 1.62. The van der Waals surface area contributed by atoms with Crippen molar-refractivity contribution < 1.29 is 9.18 Å². The van der Waals surface area contributed by atoms with Crippen LogP contribution in [0.15, 0.2) is 53.6 Å². The van der Waals surface area contributed by atoms with Crippen molar-refractivity contribution in [1.29, 1.82) is 0 Å². The number of benzene rings is 2. The molecule has 0 radical (unpaired) electrons. The van der Waals surface area contributed by atoms with Gasteiger partial charge < -0.3 is 0 Å². The molecule has 0 aliphatic heterocycles. The average molecular weight is 291 g/mol. The SMILES string of the molecule is O=C(Cc1ccccc1)NN=Cc1c(F)cccc1Cl. The third kappa shape index (κ3) is 3.90. The molecule has 0 aliphatic carbocycles. The third-order valence-electron chi connectivity index (χ3n) is 2.59. The average Bonchev–Trinajstić information content (AvgIpc) is 2.43. The molecule has 0 heterocycles. The van der Waals surface area contributed by atoms with Crippen molar-refractivity contribution in [3.05, 3.63) is 70.5 Å². The summed E-state index contributed by atoms with van der Waals surface area (Å²) in [7, 11) is 0. The second-order valence-electron chi connectivity index (χ2n) is 4.09. The van der Waals surface area contributed by atoms with E-state index in [2.05, 4.69) is 10.5 Å². The lowest BCUT2D eigenvalue weighted by molar-refractivity contribution is -0.120. The standard InChI is InChI=1S/C15H12ClFN2O/c16-13-7-4-8-14(17)12(13)10-18-19-15(20)9-11-5-2-1-3-6-11/h1-8,10H,9H2,(H,19,20). The molecule has 1 N–H and O–H groups in total. The van der Waals surface area contributed by atoms with Gasteiger partial charge in [0.25, 0.3) is 0 Å². The molecule has 2 aromatic rings. The highest BCUT2D eigenvalue weighted by molar-refractivity contribution is 6.33. The van der Waals surface area contributed by atoms with Crippen LogP contribution >= 0.6 is 11.6 Å². The first kappa shape index (κ1) is 14.2. The zero-order chi connectivity index (χ0) is 14.4. The number of carbonyl (C=O) groups is 1. The number of carbonyl (C=O) groups excluding carboxylic acids is 1. The molecule has 5 heteroatoms. The summed E-state index contributed by atoms with van der Waals surface area (Å²) >= 11 is 5.83. The summed E-state index contributed by atoms with van der Waals surface area (Å²) in [6.07, 6.45) is 1.41. The van der Waals surface area contributed by atoms with Crippen LogP contribution < -0.4 is 5.43 Å². The van der Waals surface area contributed by atoms with Crippen LogP contribution in [0.3, 0.4) is 0 Å². The summed E-state index contributed by atoms with van der Waals surface area (Å²) in [5.41, 5.74) is 3.37. The van der Waals surface area contributed by atoms with E-state index in [1.807, 2.05) is 30.3 Å². The fourth-order valence-corrected chi connectivity index (χ4v) is 1.84. The lowest BCUT2D eigenvalue weighted by atomic mass is 10.1. The van der Waals surface area contributed by atoms with Gasteiger partial charge in [0.15, 0.2) is 0 Å². The van der Waals surface area contributed by atoms with E-state index in [9.17, 15) is 9.18 Å². The predicted octanol–water partition coefficient (Wildman–Crippen LogP) is 3.17. The van der Waals surface area contributed by atoms with Crippen LogP contribution in [0.4, 0.5) is 4.39 Å². The molecule has 2 rings (SSSR count). The molecule has 2 aromatic carbocycles. The van der Waals surface area contributed by atoms with Gasteiger partial charge in [-0.2, -0.15) is 5.10 Å². The number of nitrogens with one attached hydrogen (secondary N) is 1. The van der Waals surface area contributed by atoms with E-state index in [1.54, 1.807) is 6.07 Å². The minimum absolute atomic E-state index is 0.147. The van der Waals surface area contributed by atoms with Crippen molar-refractivity contribution in [2.45, 2.75) is 6.42 Å². The summed E-state index contributed by atoms with van der Waals surface area (Å²) in [5.74, 6) is -0.765. The molecule has 0 aliphatic rings. The van der Waals surface area contributed by atoms with Crippen molar-refractivity contribution in [3.8, 4) is 0 Å². The molecule has 0 bridgehead atoms. The number of rotatable bonds is 4.